The van der Waals surface area contributed by atoms with Gasteiger partial charge in [0.15, 0.2) is 5.16 Å². The molecule has 0 saturated carbocycles. The first-order valence-corrected chi connectivity index (χ1v) is 14.3. The molecule has 0 spiro atoms. The van der Waals surface area contributed by atoms with E-state index in [1.165, 1.54) is 23.9 Å². The fourth-order valence-corrected chi connectivity index (χ4v) is 7.40. The van der Waals surface area contributed by atoms with Gasteiger partial charge in [-0.1, -0.05) is 30.8 Å². The topological polar surface area (TPSA) is 64.4 Å². The van der Waals surface area contributed by atoms with Crippen LogP contribution in [0.5, 0.6) is 0 Å². The molecule has 1 aromatic heterocycles. The highest BCUT2D eigenvalue weighted by Crippen LogP contribution is 2.31. The summed E-state index contributed by atoms with van der Waals surface area (Å²) in [4.78, 5) is 5.11. The molecular formula is C25H30FN3O3S2. The summed E-state index contributed by atoms with van der Waals surface area (Å²) in [6, 6.07) is 11.8. The van der Waals surface area contributed by atoms with Crippen LogP contribution in [0.3, 0.4) is 0 Å². The van der Waals surface area contributed by atoms with Gasteiger partial charge in [0.1, 0.15) is 5.82 Å². The highest BCUT2D eigenvalue weighted by Gasteiger charge is 2.29. The van der Waals surface area contributed by atoms with Gasteiger partial charge in [-0.05, 0) is 67.5 Å². The van der Waals surface area contributed by atoms with E-state index < -0.39 is 10.0 Å². The molecule has 0 bridgehead atoms. The molecule has 0 radical (unpaired) electrons. The Morgan fingerprint density at radius 3 is 2.82 bits per heavy atom. The van der Waals surface area contributed by atoms with Crippen molar-refractivity contribution < 1.29 is 17.5 Å². The maximum absolute atomic E-state index is 13.6. The summed E-state index contributed by atoms with van der Waals surface area (Å²) in [5.74, 6) is 0.681. The largest absolute Gasteiger partial charge is 0.376 e. The van der Waals surface area contributed by atoms with Crippen LogP contribution < -0.4 is 0 Å². The second-order valence-corrected chi connectivity index (χ2v) is 12.2. The second-order valence-electron chi connectivity index (χ2n) is 9.32. The number of hydrogen-bond donors (Lipinski definition) is 0. The van der Waals surface area contributed by atoms with Gasteiger partial charge in [-0.2, -0.15) is 4.31 Å². The van der Waals surface area contributed by atoms with Gasteiger partial charge in [0.05, 0.1) is 28.6 Å². The number of thioether (sulfide) groups is 1. The molecule has 2 fully saturated rings. The molecule has 2 saturated heterocycles. The highest BCUT2D eigenvalue weighted by molar-refractivity contribution is 7.98. The van der Waals surface area contributed by atoms with E-state index in [1.54, 1.807) is 22.5 Å². The van der Waals surface area contributed by atoms with Crippen molar-refractivity contribution in [3.05, 3.63) is 53.8 Å². The lowest BCUT2D eigenvalue weighted by Crippen LogP contribution is -2.39. The summed E-state index contributed by atoms with van der Waals surface area (Å²) >= 11 is 1.53. The number of ether oxygens (including phenoxy) is 1. The third-order valence-electron chi connectivity index (χ3n) is 6.61. The third-order valence-corrected chi connectivity index (χ3v) is 9.52. The van der Waals surface area contributed by atoms with Crippen molar-refractivity contribution in [3.63, 3.8) is 0 Å². The van der Waals surface area contributed by atoms with Gasteiger partial charge < -0.3 is 9.30 Å². The number of imidazole rings is 1. The summed E-state index contributed by atoms with van der Waals surface area (Å²) in [5.41, 5.74) is 2.43. The maximum Gasteiger partial charge on any atom is 0.243 e. The number of aromatic nitrogens is 2. The van der Waals surface area contributed by atoms with Crippen molar-refractivity contribution >= 4 is 32.8 Å². The van der Waals surface area contributed by atoms with E-state index in [4.69, 9.17) is 9.72 Å². The second kappa shape index (κ2) is 9.97. The van der Waals surface area contributed by atoms with Crippen LogP contribution in [0.25, 0.3) is 11.0 Å². The maximum atomic E-state index is 13.6. The zero-order valence-corrected chi connectivity index (χ0v) is 21.0. The first kappa shape index (κ1) is 23.8. The molecular weight excluding hydrogens is 473 g/mol. The number of rotatable bonds is 7. The lowest BCUT2D eigenvalue weighted by Gasteiger charge is -2.30. The van der Waals surface area contributed by atoms with Crippen molar-refractivity contribution in [3.8, 4) is 0 Å². The molecule has 6 nitrogen and oxygen atoms in total. The van der Waals surface area contributed by atoms with E-state index >= 15 is 0 Å². The van der Waals surface area contributed by atoms with E-state index in [2.05, 4.69) is 11.5 Å². The van der Waals surface area contributed by atoms with Gasteiger partial charge in [-0.15, -0.1) is 0 Å². The minimum atomic E-state index is -3.56. The Bertz CT molecular complexity index is 1270. The summed E-state index contributed by atoms with van der Waals surface area (Å²) in [6.45, 7) is 4.65. The summed E-state index contributed by atoms with van der Waals surface area (Å²) in [6.07, 6.45) is 4.10. The van der Waals surface area contributed by atoms with E-state index in [0.29, 0.717) is 36.8 Å². The standard InChI is InChI=1S/C25H30FN3O3S2/c1-18-5-3-11-28(15-18)34(30,31)22-9-10-24-23(14-22)27-25(29(24)16-21-8-4-12-32-21)33-17-19-6-2-7-20(26)13-19/h2,6-7,9-10,13-14,18,21H,3-5,8,11-12,15-17H2,1H3/t18-,21-/m0/s1. The van der Waals surface area contributed by atoms with Crippen molar-refractivity contribution in [2.45, 2.75) is 61.1 Å². The normalized spacial score (nSPS) is 21.9. The molecule has 0 aliphatic carbocycles. The van der Waals surface area contributed by atoms with Crippen LogP contribution in [0.2, 0.25) is 0 Å². The molecule has 2 aliphatic rings. The predicted molar refractivity (Wildman–Crippen MR) is 132 cm³/mol. The number of nitrogens with zero attached hydrogens (tertiary/aromatic N) is 3. The Morgan fingerprint density at radius 1 is 1.18 bits per heavy atom. The predicted octanol–water partition coefficient (Wildman–Crippen LogP) is 5.07. The zero-order chi connectivity index (χ0) is 23.7. The van der Waals surface area contributed by atoms with E-state index in [0.717, 1.165) is 48.5 Å². The molecule has 3 aromatic rings. The highest BCUT2D eigenvalue weighted by atomic mass is 32.2. The number of sulfonamides is 1. The third kappa shape index (κ3) is 5.03. The van der Waals surface area contributed by atoms with Gasteiger partial charge in [0.2, 0.25) is 10.0 Å². The summed E-state index contributed by atoms with van der Waals surface area (Å²) < 4.78 is 49.9. The fourth-order valence-electron chi connectivity index (χ4n) is 4.81. The number of benzene rings is 2. The van der Waals surface area contributed by atoms with Gasteiger partial charge in [0.25, 0.3) is 0 Å². The van der Waals surface area contributed by atoms with Crippen LogP contribution in [0.15, 0.2) is 52.5 Å². The first-order valence-electron chi connectivity index (χ1n) is 11.9. The molecule has 0 unspecified atom stereocenters. The van der Waals surface area contributed by atoms with Crippen LogP contribution in [-0.2, 0) is 27.1 Å². The van der Waals surface area contributed by atoms with E-state index in [-0.39, 0.29) is 16.8 Å². The molecule has 0 N–H and O–H groups in total. The monoisotopic (exact) mass is 503 g/mol. The van der Waals surface area contributed by atoms with Crippen LogP contribution in [-0.4, -0.2) is 48.1 Å². The average molecular weight is 504 g/mol. The first-order chi connectivity index (χ1) is 16.4. The van der Waals surface area contributed by atoms with Crippen molar-refractivity contribution in [2.75, 3.05) is 19.7 Å². The number of fused-ring (bicyclic) bond motifs is 1. The Hall–Kier alpha value is -1.94. The zero-order valence-electron chi connectivity index (χ0n) is 19.3. The van der Waals surface area contributed by atoms with Crippen molar-refractivity contribution in [1.29, 1.82) is 0 Å². The van der Waals surface area contributed by atoms with E-state index in [9.17, 15) is 12.8 Å². The van der Waals surface area contributed by atoms with Gasteiger partial charge in [-0.3, -0.25) is 0 Å². The molecule has 2 atom stereocenters. The molecule has 34 heavy (non-hydrogen) atoms. The number of hydrogen-bond acceptors (Lipinski definition) is 5. The smallest absolute Gasteiger partial charge is 0.243 e. The summed E-state index contributed by atoms with van der Waals surface area (Å²) in [7, 11) is -3.56. The lowest BCUT2D eigenvalue weighted by molar-refractivity contribution is 0.0960. The van der Waals surface area contributed by atoms with E-state index in [1.807, 2.05) is 12.1 Å². The lowest BCUT2D eigenvalue weighted by atomic mass is 10.0. The fraction of sp³-hybridized carbons (Fsp3) is 0.480. The Balaban J connectivity index is 1.47. The molecule has 9 heteroatoms. The minimum Gasteiger partial charge on any atom is -0.376 e. The SMILES string of the molecule is C[C@H]1CCCN(S(=O)(=O)c2ccc3c(c2)nc(SCc2cccc(F)c2)n3C[C@@H]2CCCO2)C1. The molecule has 2 aromatic carbocycles. The molecule has 2 aliphatic heterocycles. The Labute approximate surface area is 204 Å². The molecule has 0 amide bonds. The van der Waals surface area contributed by atoms with Gasteiger partial charge in [-0.25, -0.2) is 17.8 Å². The summed E-state index contributed by atoms with van der Waals surface area (Å²) in [5, 5.41) is 0.788. The Kier molecular flexibility index (Phi) is 6.97. The van der Waals surface area contributed by atoms with Gasteiger partial charge in [0, 0.05) is 25.4 Å². The molecule has 3 heterocycles. The van der Waals surface area contributed by atoms with Crippen LogP contribution in [0.1, 0.15) is 38.2 Å². The number of halogens is 1. The van der Waals surface area contributed by atoms with Crippen molar-refractivity contribution in [1.82, 2.24) is 13.9 Å². The minimum absolute atomic E-state index is 0.115. The molecule has 182 valence electrons. The quantitative estimate of drug-likeness (QED) is 0.422. The van der Waals surface area contributed by atoms with Gasteiger partial charge >= 0.3 is 0 Å². The average Bonchev–Trinajstić information content (AvgIpc) is 3.46. The van der Waals surface area contributed by atoms with Crippen LogP contribution in [0, 0.1) is 11.7 Å². The van der Waals surface area contributed by atoms with Crippen LogP contribution in [0.4, 0.5) is 4.39 Å². The van der Waals surface area contributed by atoms with Crippen molar-refractivity contribution in [2.24, 2.45) is 5.92 Å². The van der Waals surface area contributed by atoms with Crippen LogP contribution >= 0.6 is 11.8 Å². The molecule has 5 rings (SSSR count). The Morgan fingerprint density at radius 2 is 2.06 bits per heavy atom. The number of piperidine rings is 1.